The topological polar surface area (TPSA) is 55.4 Å². The van der Waals surface area contributed by atoms with Gasteiger partial charge in [0.15, 0.2) is 0 Å². The summed E-state index contributed by atoms with van der Waals surface area (Å²) < 4.78 is 96.9. The van der Waals surface area contributed by atoms with E-state index in [9.17, 15) is 30.4 Å². The Morgan fingerprint density at radius 2 is 1.73 bits per heavy atom. The predicted molar refractivity (Wildman–Crippen MR) is 65.5 cm³/mol. The van der Waals surface area contributed by atoms with Crippen LogP contribution in [0.2, 0.25) is 0 Å². The first-order valence-electron chi connectivity index (χ1n) is 6.21. The van der Waals surface area contributed by atoms with E-state index in [1.807, 2.05) is 0 Å². The maximum absolute atomic E-state index is 13.5. The lowest BCUT2D eigenvalue weighted by Crippen LogP contribution is -2.61. The second-order valence-electron chi connectivity index (χ2n) is 4.87. The molecule has 1 fully saturated rings. The second-order valence-corrected chi connectivity index (χ2v) is 6.52. The van der Waals surface area contributed by atoms with E-state index in [1.54, 1.807) is 0 Å². The smallest absolute Gasteiger partial charge is 0.381 e. The van der Waals surface area contributed by atoms with Crippen LogP contribution in [0.1, 0.15) is 12.8 Å². The van der Waals surface area contributed by atoms with E-state index in [1.165, 1.54) is 4.72 Å². The number of ether oxygens (including phenoxy) is 1. The summed E-state index contributed by atoms with van der Waals surface area (Å²) in [7, 11) is -4.90. The fourth-order valence-corrected chi connectivity index (χ4v) is 3.70. The maximum Gasteiger partial charge on any atom is 0.407 e. The van der Waals surface area contributed by atoms with Gasteiger partial charge in [-0.1, -0.05) is 0 Å². The molecule has 0 saturated carbocycles. The van der Waals surface area contributed by atoms with Crippen LogP contribution in [-0.2, 0) is 14.8 Å². The summed E-state index contributed by atoms with van der Waals surface area (Å²) in [5.41, 5.74) is -2.76. The first kappa shape index (κ1) is 17.1. The number of nitrogens with one attached hydrogen (secondary N) is 1. The van der Waals surface area contributed by atoms with Crippen LogP contribution < -0.4 is 4.72 Å². The normalized spacial score (nSPS) is 19.1. The summed E-state index contributed by atoms with van der Waals surface area (Å²) in [6.07, 6.45) is -6.19. The molecule has 0 bridgehead atoms. The van der Waals surface area contributed by atoms with Crippen LogP contribution in [-0.4, -0.2) is 33.3 Å². The van der Waals surface area contributed by atoms with E-state index in [2.05, 4.69) is 0 Å². The van der Waals surface area contributed by atoms with Gasteiger partial charge in [0.2, 0.25) is 10.0 Å². The lowest BCUT2D eigenvalue weighted by atomic mass is 9.91. The molecular weight excluding hydrogens is 333 g/mol. The number of alkyl halides is 3. The molecule has 0 spiro atoms. The zero-order valence-electron chi connectivity index (χ0n) is 11.1. The van der Waals surface area contributed by atoms with Gasteiger partial charge in [0.05, 0.1) is 0 Å². The third-order valence-electron chi connectivity index (χ3n) is 3.40. The van der Waals surface area contributed by atoms with Crippen molar-refractivity contribution in [3.63, 3.8) is 0 Å². The number of sulfonamides is 1. The van der Waals surface area contributed by atoms with Crippen LogP contribution in [0.3, 0.4) is 0 Å². The fourth-order valence-electron chi connectivity index (χ4n) is 2.16. The highest BCUT2D eigenvalue weighted by Crippen LogP contribution is 2.39. The molecule has 0 radical (unpaired) electrons. The third kappa shape index (κ3) is 3.23. The van der Waals surface area contributed by atoms with Crippen molar-refractivity contribution < 1.29 is 35.1 Å². The minimum absolute atomic E-state index is 0.298. The van der Waals surface area contributed by atoms with Crippen LogP contribution in [0.5, 0.6) is 0 Å². The summed E-state index contributed by atoms with van der Waals surface area (Å²) in [6.45, 7) is -0.596. The van der Waals surface area contributed by atoms with E-state index in [0.29, 0.717) is 18.2 Å². The Balaban J connectivity index is 2.43. The van der Waals surface area contributed by atoms with Crippen LogP contribution in [0.25, 0.3) is 0 Å². The summed E-state index contributed by atoms with van der Waals surface area (Å²) in [5, 5.41) is 0. The molecule has 0 aromatic heterocycles. The van der Waals surface area contributed by atoms with Crippen molar-refractivity contribution >= 4 is 10.0 Å². The minimum atomic E-state index is -4.90. The molecule has 4 nitrogen and oxygen atoms in total. The number of hydrogen-bond acceptors (Lipinski definition) is 3. The molecule has 0 amide bonds. The molecule has 0 atom stereocenters. The van der Waals surface area contributed by atoms with Gasteiger partial charge in [-0.2, -0.15) is 17.9 Å². The molecule has 22 heavy (non-hydrogen) atoms. The highest BCUT2D eigenvalue weighted by atomic mass is 32.2. The first-order valence-corrected chi connectivity index (χ1v) is 7.69. The molecule has 1 aromatic carbocycles. The second kappa shape index (κ2) is 5.74. The Bertz CT molecular complexity index is 653. The number of benzene rings is 1. The number of rotatable bonds is 3. The Morgan fingerprint density at radius 1 is 1.14 bits per heavy atom. The largest absolute Gasteiger partial charge is 0.407 e. The van der Waals surface area contributed by atoms with E-state index in [0.717, 1.165) is 0 Å². The highest BCUT2D eigenvalue weighted by molar-refractivity contribution is 7.89. The van der Waals surface area contributed by atoms with E-state index in [4.69, 9.17) is 4.74 Å². The molecule has 1 saturated heterocycles. The van der Waals surface area contributed by atoms with Crippen molar-refractivity contribution in [2.24, 2.45) is 0 Å². The van der Waals surface area contributed by atoms with Gasteiger partial charge < -0.3 is 4.74 Å². The van der Waals surface area contributed by atoms with Crippen LogP contribution >= 0.6 is 0 Å². The molecule has 1 N–H and O–H groups in total. The minimum Gasteiger partial charge on any atom is -0.381 e. The Kier molecular flexibility index (Phi) is 4.46. The maximum atomic E-state index is 13.5. The van der Waals surface area contributed by atoms with Crippen molar-refractivity contribution in [2.75, 3.05) is 13.2 Å². The van der Waals surface area contributed by atoms with E-state index >= 15 is 0 Å². The molecule has 0 aliphatic carbocycles. The molecule has 10 heteroatoms. The third-order valence-corrected chi connectivity index (χ3v) is 4.95. The van der Waals surface area contributed by atoms with E-state index < -0.39 is 51.1 Å². The van der Waals surface area contributed by atoms with Gasteiger partial charge in [0, 0.05) is 13.2 Å². The molecule has 1 aliphatic heterocycles. The van der Waals surface area contributed by atoms with Crippen molar-refractivity contribution in [3.05, 3.63) is 29.8 Å². The Hall–Kier alpha value is -1.26. The van der Waals surface area contributed by atoms with Gasteiger partial charge in [-0.05, 0) is 31.0 Å². The quantitative estimate of drug-likeness (QED) is 0.856. The predicted octanol–water partition coefficient (Wildman–Crippen LogP) is 2.35. The average Bonchev–Trinajstić information content (AvgIpc) is 2.41. The van der Waals surface area contributed by atoms with Gasteiger partial charge in [-0.3, -0.25) is 0 Å². The summed E-state index contributed by atoms with van der Waals surface area (Å²) in [6, 6.07) is 1.54. The van der Waals surface area contributed by atoms with Gasteiger partial charge in [-0.15, -0.1) is 0 Å². The molecule has 0 unspecified atom stereocenters. The summed E-state index contributed by atoms with van der Waals surface area (Å²) >= 11 is 0. The van der Waals surface area contributed by atoms with Gasteiger partial charge in [0.25, 0.3) is 0 Å². The Morgan fingerprint density at radius 3 is 2.27 bits per heavy atom. The lowest BCUT2D eigenvalue weighted by molar-refractivity contribution is -0.210. The zero-order valence-corrected chi connectivity index (χ0v) is 11.9. The van der Waals surface area contributed by atoms with Crippen molar-refractivity contribution in [1.29, 1.82) is 0 Å². The monoisotopic (exact) mass is 345 g/mol. The zero-order chi connectivity index (χ0) is 16.6. The van der Waals surface area contributed by atoms with Gasteiger partial charge >= 0.3 is 6.18 Å². The van der Waals surface area contributed by atoms with Crippen molar-refractivity contribution in [2.45, 2.75) is 29.5 Å². The molecule has 1 heterocycles. The standard InChI is InChI=1S/C12H12F5NO3S/c13-8-1-2-9(14)10(7-8)22(19,20)18-11(12(15,16)17)3-5-21-6-4-11/h1-2,7,18H,3-6H2. The average molecular weight is 345 g/mol. The van der Waals surface area contributed by atoms with Crippen molar-refractivity contribution in [1.82, 2.24) is 4.72 Å². The summed E-state index contributed by atoms with van der Waals surface area (Å²) in [4.78, 5) is -1.16. The number of halogens is 5. The van der Waals surface area contributed by atoms with Crippen LogP contribution in [0.4, 0.5) is 22.0 Å². The summed E-state index contributed by atoms with van der Waals surface area (Å²) in [5.74, 6) is -2.41. The first-order chi connectivity index (χ1) is 10.1. The van der Waals surface area contributed by atoms with Gasteiger partial charge in [0.1, 0.15) is 22.1 Å². The molecule has 1 aliphatic rings. The van der Waals surface area contributed by atoms with Crippen LogP contribution in [0, 0.1) is 11.6 Å². The lowest BCUT2D eigenvalue weighted by Gasteiger charge is -2.38. The van der Waals surface area contributed by atoms with Gasteiger partial charge in [-0.25, -0.2) is 17.2 Å². The molecule has 2 rings (SSSR count). The molecule has 124 valence electrons. The number of hydrogen-bond donors (Lipinski definition) is 1. The molecular formula is C12H12F5NO3S. The Labute approximate surface area is 123 Å². The molecule has 1 aromatic rings. The highest BCUT2D eigenvalue weighted by Gasteiger charge is 2.57. The van der Waals surface area contributed by atoms with Crippen LogP contribution in [0.15, 0.2) is 23.1 Å². The SMILES string of the molecule is O=S(=O)(NC1(C(F)(F)F)CCOCC1)c1cc(F)ccc1F. The van der Waals surface area contributed by atoms with Crippen molar-refractivity contribution in [3.8, 4) is 0 Å². The fraction of sp³-hybridized carbons (Fsp3) is 0.500. The van der Waals surface area contributed by atoms with E-state index in [-0.39, 0.29) is 13.2 Å².